The second-order valence-corrected chi connectivity index (χ2v) is 3.95. The van der Waals surface area contributed by atoms with E-state index in [9.17, 15) is 4.79 Å². The van der Waals surface area contributed by atoms with E-state index in [4.69, 9.17) is 5.73 Å². The monoisotopic (exact) mass is 185 g/mol. The van der Waals surface area contributed by atoms with Crippen LogP contribution in [0.1, 0.15) is 26.7 Å². The van der Waals surface area contributed by atoms with E-state index in [0.717, 1.165) is 25.9 Å². The van der Waals surface area contributed by atoms with E-state index in [1.165, 1.54) is 0 Å². The van der Waals surface area contributed by atoms with E-state index in [2.05, 4.69) is 24.3 Å². The summed E-state index contributed by atoms with van der Waals surface area (Å²) < 4.78 is 0. The van der Waals surface area contributed by atoms with Crippen LogP contribution in [0.15, 0.2) is 0 Å². The summed E-state index contributed by atoms with van der Waals surface area (Å²) in [5.41, 5.74) is 8.56. The molecule has 0 bridgehead atoms. The van der Waals surface area contributed by atoms with Crippen molar-refractivity contribution in [3.63, 3.8) is 0 Å². The number of primary amides is 1. The summed E-state index contributed by atoms with van der Waals surface area (Å²) in [6.07, 6.45) is 1.77. The van der Waals surface area contributed by atoms with Crippen LogP contribution in [-0.2, 0) is 4.79 Å². The van der Waals surface area contributed by atoms with Gasteiger partial charge < -0.3 is 5.73 Å². The Bertz CT molecular complexity index is 174. The van der Waals surface area contributed by atoms with Gasteiger partial charge >= 0.3 is 0 Å². The highest BCUT2D eigenvalue weighted by Crippen LogP contribution is 2.14. The van der Waals surface area contributed by atoms with Crippen molar-refractivity contribution in [1.82, 2.24) is 10.4 Å². The number of hydrogen-bond acceptors (Lipinski definition) is 3. The summed E-state index contributed by atoms with van der Waals surface area (Å²) in [4.78, 5) is 10.9. The average molecular weight is 185 g/mol. The molecule has 1 fully saturated rings. The van der Waals surface area contributed by atoms with Crippen molar-refractivity contribution in [3.05, 3.63) is 0 Å². The van der Waals surface area contributed by atoms with Crippen LogP contribution in [0.4, 0.5) is 0 Å². The molecule has 0 aromatic rings. The molecule has 4 heteroatoms. The fourth-order valence-corrected chi connectivity index (χ4v) is 1.66. The lowest BCUT2D eigenvalue weighted by molar-refractivity contribution is -0.123. The topological polar surface area (TPSA) is 58.4 Å². The van der Waals surface area contributed by atoms with E-state index >= 15 is 0 Å². The Morgan fingerprint density at radius 3 is 2.38 bits per heavy atom. The molecular formula is C9H19N3O. The molecule has 4 nitrogen and oxygen atoms in total. The largest absolute Gasteiger partial charge is 0.369 e. The quantitative estimate of drug-likeness (QED) is 0.655. The van der Waals surface area contributed by atoms with Gasteiger partial charge in [0.2, 0.25) is 5.91 Å². The normalized spacial score (nSPS) is 20.8. The fourth-order valence-electron chi connectivity index (χ4n) is 1.66. The smallest absolute Gasteiger partial charge is 0.220 e. The first-order valence-corrected chi connectivity index (χ1v) is 4.90. The maximum Gasteiger partial charge on any atom is 0.220 e. The highest BCUT2D eigenvalue weighted by molar-refractivity contribution is 5.76. The lowest BCUT2D eigenvalue weighted by Crippen LogP contribution is -2.48. The fraction of sp³-hybridized carbons (Fsp3) is 0.889. The zero-order valence-electron chi connectivity index (χ0n) is 8.42. The molecule has 1 saturated heterocycles. The molecule has 13 heavy (non-hydrogen) atoms. The molecule has 1 rings (SSSR count). The summed E-state index contributed by atoms with van der Waals surface area (Å²) in [5.74, 6) is -0.0607. The molecule has 0 saturated carbocycles. The number of nitrogens with one attached hydrogen (secondary N) is 1. The van der Waals surface area contributed by atoms with Crippen LogP contribution in [0.25, 0.3) is 0 Å². The average Bonchev–Trinajstić information content (AvgIpc) is 2.04. The van der Waals surface area contributed by atoms with E-state index in [0.29, 0.717) is 6.04 Å². The lowest BCUT2D eigenvalue weighted by Gasteiger charge is -2.32. The number of nitrogens with two attached hydrogens (primary N) is 1. The second-order valence-electron chi connectivity index (χ2n) is 3.95. The van der Waals surface area contributed by atoms with Gasteiger partial charge in [0, 0.05) is 25.0 Å². The zero-order valence-corrected chi connectivity index (χ0v) is 8.42. The molecular weight excluding hydrogens is 166 g/mol. The molecule has 0 aromatic heterocycles. The van der Waals surface area contributed by atoms with Crippen LogP contribution in [0.2, 0.25) is 0 Å². The third kappa shape index (κ3) is 3.32. The molecule has 1 heterocycles. The van der Waals surface area contributed by atoms with Gasteiger partial charge in [-0.15, -0.1) is 0 Å². The molecule has 0 aliphatic carbocycles. The molecule has 1 aliphatic rings. The maximum atomic E-state index is 10.9. The van der Waals surface area contributed by atoms with Crippen molar-refractivity contribution < 1.29 is 4.79 Å². The number of carbonyl (C=O) groups excluding carboxylic acids is 1. The van der Waals surface area contributed by atoms with E-state index in [1.54, 1.807) is 0 Å². The minimum atomic E-state index is -0.149. The number of amides is 1. The van der Waals surface area contributed by atoms with E-state index in [1.807, 2.05) is 0 Å². The number of hydrogen-bond donors (Lipinski definition) is 2. The standard InChI is InChI=1S/C9H19N3O/c1-7(2)11-12-5-3-8(4-6-12)9(10)13/h7-8,11H,3-6H2,1-2H3,(H2,10,13). The van der Waals surface area contributed by atoms with Gasteiger partial charge in [0.15, 0.2) is 0 Å². The Labute approximate surface area is 79.4 Å². The molecule has 1 aliphatic heterocycles. The van der Waals surface area contributed by atoms with Crippen LogP contribution in [0, 0.1) is 5.92 Å². The van der Waals surface area contributed by atoms with E-state index in [-0.39, 0.29) is 11.8 Å². The van der Waals surface area contributed by atoms with Gasteiger partial charge in [-0.2, -0.15) is 0 Å². The van der Waals surface area contributed by atoms with Crippen molar-refractivity contribution in [2.24, 2.45) is 11.7 Å². The molecule has 0 radical (unpaired) electrons. The molecule has 0 unspecified atom stereocenters. The number of piperidine rings is 1. The lowest BCUT2D eigenvalue weighted by atomic mass is 9.97. The molecule has 0 atom stereocenters. The van der Waals surface area contributed by atoms with Crippen LogP contribution in [-0.4, -0.2) is 30.0 Å². The van der Waals surface area contributed by atoms with Gasteiger partial charge in [-0.05, 0) is 26.7 Å². The van der Waals surface area contributed by atoms with Crippen molar-refractivity contribution >= 4 is 5.91 Å². The third-order valence-corrected chi connectivity index (χ3v) is 2.34. The van der Waals surface area contributed by atoms with Gasteiger partial charge in [0.25, 0.3) is 0 Å². The SMILES string of the molecule is CC(C)NN1CCC(C(N)=O)CC1. The first-order valence-electron chi connectivity index (χ1n) is 4.90. The zero-order chi connectivity index (χ0) is 9.84. The summed E-state index contributed by atoms with van der Waals surface area (Å²) in [5, 5.41) is 2.17. The highest BCUT2D eigenvalue weighted by Gasteiger charge is 2.22. The summed E-state index contributed by atoms with van der Waals surface area (Å²) >= 11 is 0. The highest BCUT2D eigenvalue weighted by atomic mass is 16.1. The minimum absolute atomic E-state index is 0.0882. The second kappa shape index (κ2) is 4.58. The predicted molar refractivity (Wildman–Crippen MR) is 51.8 cm³/mol. The van der Waals surface area contributed by atoms with Gasteiger partial charge in [-0.25, -0.2) is 5.01 Å². The molecule has 1 amide bonds. The first-order chi connectivity index (χ1) is 6.09. The van der Waals surface area contributed by atoms with Crippen LogP contribution in [0.3, 0.4) is 0 Å². The van der Waals surface area contributed by atoms with Gasteiger partial charge in [0.05, 0.1) is 0 Å². The Balaban J connectivity index is 2.26. The first kappa shape index (κ1) is 10.5. The molecule has 0 spiro atoms. The van der Waals surface area contributed by atoms with E-state index < -0.39 is 0 Å². The Hall–Kier alpha value is -0.610. The van der Waals surface area contributed by atoms with Crippen molar-refractivity contribution in [1.29, 1.82) is 0 Å². The number of rotatable bonds is 3. The number of hydrazine groups is 1. The Morgan fingerprint density at radius 2 is 2.00 bits per heavy atom. The van der Waals surface area contributed by atoms with Gasteiger partial charge in [-0.3, -0.25) is 10.2 Å². The summed E-state index contributed by atoms with van der Waals surface area (Å²) in [7, 11) is 0. The molecule has 76 valence electrons. The predicted octanol–water partition coefficient (Wildman–Crippen LogP) is 0.0967. The maximum absolute atomic E-state index is 10.9. The summed E-state index contributed by atoms with van der Waals surface area (Å²) in [6.45, 7) is 6.07. The summed E-state index contributed by atoms with van der Waals surface area (Å²) in [6, 6.07) is 0.463. The Morgan fingerprint density at radius 1 is 1.46 bits per heavy atom. The van der Waals surface area contributed by atoms with Crippen molar-refractivity contribution in [2.75, 3.05) is 13.1 Å². The number of carbonyl (C=O) groups is 1. The minimum Gasteiger partial charge on any atom is -0.369 e. The van der Waals surface area contributed by atoms with Gasteiger partial charge in [0.1, 0.15) is 0 Å². The van der Waals surface area contributed by atoms with Crippen LogP contribution >= 0.6 is 0 Å². The Kier molecular flexibility index (Phi) is 3.69. The molecule has 0 aromatic carbocycles. The van der Waals surface area contributed by atoms with Crippen LogP contribution in [0.5, 0.6) is 0 Å². The van der Waals surface area contributed by atoms with Crippen molar-refractivity contribution in [3.8, 4) is 0 Å². The van der Waals surface area contributed by atoms with Gasteiger partial charge in [-0.1, -0.05) is 0 Å². The molecule has 3 N–H and O–H groups in total. The van der Waals surface area contributed by atoms with Crippen LogP contribution < -0.4 is 11.2 Å². The number of nitrogens with zero attached hydrogens (tertiary/aromatic N) is 1. The van der Waals surface area contributed by atoms with Crippen molar-refractivity contribution in [2.45, 2.75) is 32.7 Å². The third-order valence-electron chi connectivity index (χ3n) is 2.34.